The monoisotopic (exact) mass is 462 g/mol. The lowest BCUT2D eigenvalue weighted by Crippen LogP contribution is -2.57. The van der Waals surface area contributed by atoms with E-state index in [1.54, 1.807) is 0 Å². The highest BCUT2D eigenvalue weighted by Gasteiger charge is 2.45. The molecule has 0 saturated carbocycles. The lowest BCUT2D eigenvalue weighted by atomic mass is 10.0. The van der Waals surface area contributed by atoms with Crippen molar-refractivity contribution in [2.24, 2.45) is 0 Å². The van der Waals surface area contributed by atoms with E-state index in [2.05, 4.69) is 0 Å². The molecule has 4 atom stereocenters. The lowest BCUT2D eigenvalue weighted by Gasteiger charge is -2.41. The number of benzene rings is 3. The molecule has 0 aromatic heterocycles. The van der Waals surface area contributed by atoms with Crippen LogP contribution in [0.2, 0.25) is 0 Å². The molecule has 4 rings (SSSR count). The van der Waals surface area contributed by atoms with Crippen LogP contribution >= 0.6 is 0 Å². The van der Waals surface area contributed by atoms with Gasteiger partial charge in [-0.05, 0) is 16.7 Å². The van der Waals surface area contributed by atoms with Gasteiger partial charge in [0.05, 0.1) is 26.4 Å². The molecule has 0 spiro atoms. The zero-order valence-corrected chi connectivity index (χ0v) is 19.2. The minimum absolute atomic E-state index is 0.218. The third-order valence-electron chi connectivity index (χ3n) is 5.53. The fourth-order valence-electron chi connectivity index (χ4n) is 3.84. The summed E-state index contributed by atoms with van der Waals surface area (Å²) in [7, 11) is 0. The zero-order chi connectivity index (χ0) is 23.6. The molecule has 0 aliphatic carbocycles. The number of ether oxygens (including phenoxy) is 5. The minimum atomic E-state index is -0.718. The largest absolute Gasteiger partial charge is 0.457 e. The topological polar surface area (TPSA) is 63.2 Å². The molecule has 0 bridgehead atoms. The van der Waals surface area contributed by atoms with E-state index in [1.165, 1.54) is 6.92 Å². The Hall–Kier alpha value is -3.03. The smallest absolute Gasteiger partial charge is 0.303 e. The number of hydrogen-bond acceptors (Lipinski definition) is 6. The van der Waals surface area contributed by atoms with Gasteiger partial charge in [-0.2, -0.15) is 0 Å². The molecule has 1 heterocycles. The van der Waals surface area contributed by atoms with Gasteiger partial charge in [0.2, 0.25) is 0 Å². The lowest BCUT2D eigenvalue weighted by molar-refractivity contribution is -0.296. The van der Waals surface area contributed by atoms with E-state index in [1.807, 2.05) is 91.0 Å². The van der Waals surface area contributed by atoms with Crippen molar-refractivity contribution < 1.29 is 28.5 Å². The summed E-state index contributed by atoms with van der Waals surface area (Å²) in [6.45, 7) is 2.64. The zero-order valence-electron chi connectivity index (χ0n) is 19.2. The van der Waals surface area contributed by atoms with Crippen molar-refractivity contribution in [1.82, 2.24) is 0 Å². The van der Waals surface area contributed by atoms with E-state index in [-0.39, 0.29) is 6.61 Å². The molecule has 0 radical (unpaired) electrons. The second-order valence-corrected chi connectivity index (χ2v) is 8.17. The van der Waals surface area contributed by atoms with Crippen LogP contribution in [0.3, 0.4) is 0 Å². The van der Waals surface area contributed by atoms with Gasteiger partial charge in [-0.15, -0.1) is 0 Å². The van der Waals surface area contributed by atoms with Crippen LogP contribution in [0.1, 0.15) is 23.6 Å². The summed E-state index contributed by atoms with van der Waals surface area (Å²) < 4.78 is 30.3. The summed E-state index contributed by atoms with van der Waals surface area (Å²) in [6.07, 6.45) is -2.56. The third kappa shape index (κ3) is 6.98. The van der Waals surface area contributed by atoms with Crippen LogP contribution in [0.5, 0.6) is 0 Å². The summed E-state index contributed by atoms with van der Waals surface area (Å²) in [5.41, 5.74) is 3.03. The molecule has 0 amide bonds. The van der Waals surface area contributed by atoms with Crippen molar-refractivity contribution >= 4 is 5.97 Å². The van der Waals surface area contributed by atoms with Crippen molar-refractivity contribution in [3.8, 4) is 0 Å². The van der Waals surface area contributed by atoms with E-state index < -0.39 is 30.6 Å². The fourth-order valence-corrected chi connectivity index (χ4v) is 3.84. The number of rotatable bonds is 10. The fraction of sp³-hybridized carbons (Fsp3) is 0.321. The molecule has 34 heavy (non-hydrogen) atoms. The predicted molar refractivity (Wildman–Crippen MR) is 127 cm³/mol. The Bertz CT molecular complexity index is 995. The van der Waals surface area contributed by atoms with Gasteiger partial charge in [-0.25, -0.2) is 0 Å². The van der Waals surface area contributed by atoms with Gasteiger partial charge in [0.1, 0.15) is 12.2 Å². The van der Waals surface area contributed by atoms with E-state index in [0.717, 1.165) is 16.7 Å². The standard InChI is InChI=1S/C28H30O6/c1-21(29)34-26-25(30-17-22-11-5-2-6-12-22)20-33-28(32-19-24-15-9-4-10-16-24)27(26)31-18-23-13-7-3-8-14-23/h2-16,25-28H,17-20H2,1H3/t25-,26+,27-,28+/m1/s1. The van der Waals surface area contributed by atoms with Crippen LogP contribution in [0.4, 0.5) is 0 Å². The maximum absolute atomic E-state index is 12.0. The average molecular weight is 463 g/mol. The molecule has 6 nitrogen and oxygen atoms in total. The van der Waals surface area contributed by atoms with E-state index in [0.29, 0.717) is 19.8 Å². The molecule has 3 aromatic rings. The van der Waals surface area contributed by atoms with Crippen molar-refractivity contribution in [2.45, 2.75) is 51.3 Å². The van der Waals surface area contributed by atoms with Gasteiger partial charge < -0.3 is 23.7 Å². The molecule has 1 saturated heterocycles. The molecule has 3 aromatic carbocycles. The molecule has 0 N–H and O–H groups in total. The summed E-state index contributed by atoms with van der Waals surface area (Å²) in [6, 6.07) is 29.5. The molecular formula is C28H30O6. The first-order valence-electron chi connectivity index (χ1n) is 11.4. The summed E-state index contributed by atoms with van der Waals surface area (Å²) in [5, 5.41) is 0. The summed E-state index contributed by atoms with van der Waals surface area (Å²) >= 11 is 0. The van der Waals surface area contributed by atoms with Gasteiger partial charge in [0.25, 0.3) is 0 Å². The molecule has 6 heteroatoms. The van der Waals surface area contributed by atoms with E-state index in [4.69, 9.17) is 23.7 Å². The second kappa shape index (κ2) is 12.4. The van der Waals surface area contributed by atoms with E-state index in [9.17, 15) is 4.79 Å². The Morgan fingerprint density at radius 1 is 0.706 bits per heavy atom. The van der Waals surface area contributed by atoms with Crippen LogP contribution in [0.25, 0.3) is 0 Å². The minimum Gasteiger partial charge on any atom is -0.457 e. The molecular weight excluding hydrogens is 432 g/mol. The number of carbonyl (C=O) groups excluding carboxylic acids is 1. The Kier molecular flexibility index (Phi) is 8.82. The van der Waals surface area contributed by atoms with Crippen LogP contribution in [-0.2, 0) is 48.3 Å². The highest BCUT2D eigenvalue weighted by atomic mass is 16.7. The van der Waals surface area contributed by atoms with E-state index >= 15 is 0 Å². The Labute approximate surface area is 200 Å². The van der Waals surface area contributed by atoms with Gasteiger partial charge in [-0.1, -0.05) is 91.0 Å². The predicted octanol–water partition coefficient (Wildman–Crippen LogP) is 4.66. The van der Waals surface area contributed by atoms with Crippen molar-refractivity contribution in [3.63, 3.8) is 0 Å². The highest BCUT2D eigenvalue weighted by Crippen LogP contribution is 2.27. The van der Waals surface area contributed by atoms with Crippen molar-refractivity contribution in [1.29, 1.82) is 0 Å². The number of hydrogen-bond donors (Lipinski definition) is 0. The summed E-state index contributed by atoms with van der Waals surface area (Å²) in [4.78, 5) is 12.0. The molecule has 1 aliphatic heterocycles. The molecule has 1 fully saturated rings. The number of esters is 1. The van der Waals surface area contributed by atoms with Gasteiger partial charge in [-0.3, -0.25) is 4.79 Å². The normalized spacial score (nSPS) is 22.3. The maximum Gasteiger partial charge on any atom is 0.303 e. The van der Waals surface area contributed by atoms with Crippen LogP contribution in [0.15, 0.2) is 91.0 Å². The van der Waals surface area contributed by atoms with Gasteiger partial charge in [0, 0.05) is 6.92 Å². The Morgan fingerprint density at radius 2 is 1.18 bits per heavy atom. The van der Waals surface area contributed by atoms with Crippen LogP contribution < -0.4 is 0 Å². The molecule has 1 aliphatic rings. The van der Waals surface area contributed by atoms with Crippen LogP contribution in [0, 0.1) is 0 Å². The Morgan fingerprint density at radius 3 is 1.68 bits per heavy atom. The number of carbonyl (C=O) groups is 1. The third-order valence-corrected chi connectivity index (χ3v) is 5.53. The first-order chi connectivity index (χ1) is 16.7. The molecule has 0 unspecified atom stereocenters. The SMILES string of the molecule is CC(=O)O[C@@H]1[C@@H](OCc2ccccc2)[C@@H](OCc2ccccc2)OC[C@H]1OCc1ccccc1. The van der Waals surface area contributed by atoms with Crippen molar-refractivity contribution in [3.05, 3.63) is 108 Å². The Balaban J connectivity index is 1.50. The average Bonchev–Trinajstić information content (AvgIpc) is 2.87. The first-order valence-corrected chi connectivity index (χ1v) is 11.4. The van der Waals surface area contributed by atoms with Gasteiger partial charge >= 0.3 is 5.97 Å². The van der Waals surface area contributed by atoms with Crippen LogP contribution in [-0.4, -0.2) is 37.2 Å². The molecule has 178 valence electrons. The highest BCUT2D eigenvalue weighted by molar-refractivity contribution is 5.66. The summed E-state index contributed by atoms with van der Waals surface area (Å²) in [5.74, 6) is -0.407. The van der Waals surface area contributed by atoms with Crippen molar-refractivity contribution in [2.75, 3.05) is 6.61 Å². The van der Waals surface area contributed by atoms with Gasteiger partial charge in [0.15, 0.2) is 12.4 Å². The quantitative estimate of drug-likeness (QED) is 0.409. The second-order valence-electron chi connectivity index (χ2n) is 8.17. The maximum atomic E-state index is 12.0. The first kappa shape index (κ1) is 24.1.